The lowest BCUT2D eigenvalue weighted by Gasteiger charge is -2.44. The first-order valence-corrected chi connectivity index (χ1v) is 12.7. The second-order valence-electron chi connectivity index (χ2n) is 9.97. The number of hydroxylamine groups is 1. The van der Waals surface area contributed by atoms with Crippen molar-refractivity contribution in [2.24, 2.45) is 11.8 Å². The minimum Gasteiger partial charge on any atom is -0.351 e. The molecule has 0 radical (unpaired) electrons. The SMILES string of the molecule is CCN(CCN(CC)C1CCCC(NC(=O)C2CC3C(F)CCC(C)C3NO2)C1)C(C)=O. The largest absolute Gasteiger partial charge is 0.351 e. The Morgan fingerprint density at radius 1 is 1.09 bits per heavy atom. The van der Waals surface area contributed by atoms with Gasteiger partial charge in [-0.25, -0.2) is 4.39 Å². The van der Waals surface area contributed by atoms with Gasteiger partial charge in [0, 0.05) is 50.6 Å². The van der Waals surface area contributed by atoms with Gasteiger partial charge in [-0.1, -0.05) is 13.8 Å². The molecule has 0 aromatic carbocycles. The van der Waals surface area contributed by atoms with Gasteiger partial charge < -0.3 is 10.2 Å². The molecule has 7 atom stereocenters. The maximum Gasteiger partial charge on any atom is 0.251 e. The van der Waals surface area contributed by atoms with Crippen molar-refractivity contribution >= 4 is 11.8 Å². The topological polar surface area (TPSA) is 73.9 Å². The van der Waals surface area contributed by atoms with Crippen LogP contribution in [0.3, 0.4) is 0 Å². The predicted molar refractivity (Wildman–Crippen MR) is 123 cm³/mol. The second kappa shape index (κ2) is 11.7. The highest BCUT2D eigenvalue weighted by atomic mass is 19.1. The number of amides is 2. The van der Waals surface area contributed by atoms with Crippen LogP contribution in [0.4, 0.5) is 4.39 Å². The average Bonchev–Trinajstić information content (AvgIpc) is 2.79. The summed E-state index contributed by atoms with van der Waals surface area (Å²) in [5, 5.41) is 3.20. The van der Waals surface area contributed by atoms with E-state index in [-0.39, 0.29) is 29.8 Å². The number of likely N-dealkylation sites (N-methyl/N-ethyl adjacent to an activating group) is 2. The fraction of sp³-hybridized carbons (Fsp3) is 0.917. The highest BCUT2D eigenvalue weighted by Crippen LogP contribution is 2.37. The Morgan fingerprint density at radius 3 is 2.56 bits per heavy atom. The molecule has 7 nitrogen and oxygen atoms in total. The van der Waals surface area contributed by atoms with Gasteiger partial charge in [-0.2, -0.15) is 5.48 Å². The van der Waals surface area contributed by atoms with Crippen molar-refractivity contribution in [1.29, 1.82) is 0 Å². The second-order valence-corrected chi connectivity index (χ2v) is 9.97. The molecule has 2 saturated carbocycles. The van der Waals surface area contributed by atoms with Crippen LogP contribution in [0.1, 0.15) is 72.6 Å². The van der Waals surface area contributed by atoms with Crippen molar-refractivity contribution in [3.63, 3.8) is 0 Å². The zero-order valence-corrected chi connectivity index (χ0v) is 20.3. The normalized spacial score (nSPS) is 35.2. The molecule has 184 valence electrons. The minimum absolute atomic E-state index is 0.00216. The molecule has 2 amide bonds. The van der Waals surface area contributed by atoms with Gasteiger partial charge in [0.1, 0.15) is 6.17 Å². The summed E-state index contributed by atoms with van der Waals surface area (Å²) in [5.41, 5.74) is 3.01. The molecule has 7 unspecified atom stereocenters. The van der Waals surface area contributed by atoms with E-state index in [9.17, 15) is 14.0 Å². The number of rotatable bonds is 8. The number of hydrogen-bond acceptors (Lipinski definition) is 5. The third-order valence-electron chi connectivity index (χ3n) is 7.96. The van der Waals surface area contributed by atoms with Crippen LogP contribution in [0.25, 0.3) is 0 Å². The van der Waals surface area contributed by atoms with Crippen LogP contribution in [0, 0.1) is 11.8 Å². The van der Waals surface area contributed by atoms with Gasteiger partial charge in [0.2, 0.25) is 5.91 Å². The van der Waals surface area contributed by atoms with E-state index in [0.29, 0.717) is 24.8 Å². The molecule has 0 spiro atoms. The Kier molecular flexibility index (Phi) is 9.32. The van der Waals surface area contributed by atoms with E-state index >= 15 is 0 Å². The third-order valence-corrected chi connectivity index (χ3v) is 7.96. The first-order chi connectivity index (χ1) is 15.3. The van der Waals surface area contributed by atoms with Gasteiger partial charge in [0.15, 0.2) is 6.10 Å². The summed E-state index contributed by atoms with van der Waals surface area (Å²) in [6, 6.07) is 0.504. The average molecular weight is 455 g/mol. The number of nitrogens with one attached hydrogen (secondary N) is 2. The summed E-state index contributed by atoms with van der Waals surface area (Å²) in [6.07, 6.45) is 4.43. The van der Waals surface area contributed by atoms with Gasteiger partial charge in [0.05, 0.1) is 0 Å². The zero-order valence-electron chi connectivity index (χ0n) is 20.3. The molecule has 3 aliphatic rings. The van der Waals surface area contributed by atoms with E-state index in [1.807, 2.05) is 11.8 Å². The molecule has 1 aliphatic heterocycles. The van der Waals surface area contributed by atoms with Crippen molar-refractivity contribution in [3.8, 4) is 0 Å². The Bertz CT molecular complexity index is 636. The summed E-state index contributed by atoms with van der Waals surface area (Å²) in [5.74, 6) is 0.204. The molecule has 2 N–H and O–H groups in total. The van der Waals surface area contributed by atoms with Crippen molar-refractivity contribution < 1.29 is 18.8 Å². The van der Waals surface area contributed by atoms with Gasteiger partial charge in [0.25, 0.3) is 5.91 Å². The summed E-state index contributed by atoms with van der Waals surface area (Å²) in [6.45, 7) is 11.1. The lowest BCUT2D eigenvalue weighted by Crippen LogP contribution is -2.58. The molecule has 1 saturated heterocycles. The van der Waals surface area contributed by atoms with Crippen LogP contribution in [0.2, 0.25) is 0 Å². The highest BCUT2D eigenvalue weighted by molar-refractivity contribution is 5.81. The quantitative estimate of drug-likeness (QED) is 0.590. The van der Waals surface area contributed by atoms with Crippen LogP contribution < -0.4 is 10.8 Å². The van der Waals surface area contributed by atoms with E-state index < -0.39 is 12.3 Å². The van der Waals surface area contributed by atoms with Gasteiger partial charge >= 0.3 is 0 Å². The Hall–Kier alpha value is -1.25. The maximum absolute atomic E-state index is 14.5. The van der Waals surface area contributed by atoms with Gasteiger partial charge in [-0.3, -0.25) is 19.3 Å². The fourth-order valence-electron chi connectivity index (χ4n) is 5.88. The number of carbonyl (C=O) groups is 2. The molecular weight excluding hydrogens is 411 g/mol. The van der Waals surface area contributed by atoms with E-state index in [2.05, 4.69) is 29.5 Å². The summed E-state index contributed by atoms with van der Waals surface area (Å²) in [7, 11) is 0. The number of carbonyl (C=O) groups excluding carboxylic acids is 2. The number of fused-ring (bicyclic) bond motifs is 1. The fourth-order valence-corrected chi connectivity index (χ4v) is 5.88. The van der Waals surface area contributed by atoms with Crippen molar-refractivity contribution in [2.45, 2.75) is 103 Å². The first-order valence-electron chi connectivity index (χ1n) is 12.7. The number of nitrogens with zero attached hydrogens (tertiary/aromatic N) is 2. The minimum atomic E-state index is -0.863. The molecule has 3 rings (SSSR count). The van der Waals surface area contributed by atoms with Crippen molar-refractivity contribution in [3.05, 3.63) is 0 Å². The van der Waals surface area contributed by atoms with Gasteiger partial charge in [-0.15, -0.1) is 0 Å². The molecule has 0 bridgehead atoms. The number of hydrogen-bond donors (Lipinski definition) is 2. The van der Waals surface area contributed by atoms with Crippen molar-refractivity contribution in [2.75, 3.05) is 26.2 Å². The lowest BCUT2D eigenvalue weighted by molar-refractivity contribution is -0.164. The summed E-state index contributed by atoms with van der Waals surface area (Å²) in [4.78, 5) is 34.7. The third kappa shape index (κ3) is 6.20. The van der Waals surface area contributed by atoms with Crippen LogP contribution in [-0.4, -0.2) is 78.2 Å². The molecule has 32 heavy (non-hydrogen) atoms. The van der Waals surface area contributed by atoms with Crippen molar-refractivity contribution in [1.82, 2.24) is 20.6 Å². The highest BCUT2D eigenvalue weighted by Gasteiger charge is 2.44. The van der Waals surface area contributed by atoms with Crippen LogP contribution >= 0.6 is 0 Å². The first kappa shape index (κ1) is 25.4. The number of halogens is 1. The van der Waals surface area contributed by atoms with E-state index in [1.165, 1.54) is 0 Å². The molecule has 0 aromatic heterocycles. The summed E-state index contributed by atoms with van der Waals surface area (Å²) < 4.78 is 14.5. The van der Waals surface area contributed by atoms with E-state index in [1.54, 1.807) is 6.92 Å². The smallest absolute Gasteiger partial charge is 0.251 e. The standard InChI is InChI=1S/C24H43FN4O3/c1-5-28(17(4)30)12-13-29(6-2)19-9-7-8-18(14-19)26-24(31)22-15-20-21(25)11-10-16(3)23(20)27-32-22/h16,18-23,27H,5-15H2,1-4H3,(H,26,31). The lowest BCUT2D eigenvalue weighted by atomic mass is 9.74. The van der Waals surface area contributed by atoms with E-state index in [0.717, 1.165) is 58.3 Å². The molecule has 8 heteroatoms. The van der Waals surface area contributed by atoms with Gasteiger partial charge in [-0.05, 0) is 64.3 Å². The Balaban J connectivity index is 1.50. The number of alkyl halides is 1. The van der Waals surface area contributed by atoms with Crippen LogP contribution in [-0.2, 0) is 14.4 Å². The Labute approximate surface area is 192 Å². The Morgan fingerprint density at radius 2 is 1.88 bits per heavy atom. The molecule has 2 aliphatic carbocycles. The molecule has 0 aromatic rings. The van der Waals surface area contributed by atoms with Crippen LogP contribution in [0.15, 0.2) is 0 Å². The monoisotopic (exact) mass is 454 g/mol. The summed E-state index contributed by atoms with van der Waals surface area (Å²) >= 11 is 0. The maximum atomic E-state index is 14.5. The van der Waals surface area contributed by atoms with E-state index in [4.69, 9.17) is 4.84 Å². The molecule has 3 fully saturated rings. The zero-order chi connectivity index (χ0) is 23.3. The van der Waals surface area contributed by atoms with Crippen LogP contribution in [0.5, 0.6) is 0 Å². The molecule has 1 heterocycles. The molecular formula is C24H43FN4O3. The predicted octanol–water partition coefficient (Wildman–Crippen LogP) is 2.65.